The molecule has 3 fully saturated rings. The number of carbonyl (C=O) groups excluding carboxylic acids is 2. The highest BCUT2D eigenvalue weighted by atomic mass is 32.2. The van der Waals surface area contributed by atoms with Gasteiger partial charge in [-0.15, -0.1) is 9.42 Å². The quantitative estimate of drug-likeness (QED) is 0.0331. The predicted molar refractivity (Wildman–Crippen MR) is 295 cm³/mol. The van der Waals surface area contributed by atoms with E-state index in [1.807, 2.05) is 109 Å². The van der Waals surface area contributed by atoms with Crippen molar-refractivity contribution in [3.63, 3.8) is 0 Å². The Morgan fingerprint density at radius 2 is 1.35 bits per heavy atom. The number of nitrogens with two attached hydrogens (primary N) is 2. The van der Waals surface area contributed by atoms with Gasteiger partial charge in [0.25, 0.3) is 0 Å². The Morgan fingerprint density at radius 1 is 0.833 bits per heavy atom. The number of thioether (sulfide) groups is 2. The first-order valence-corrected chi connectivity index (χ1v) is 29.6. The Kier molecular flexibility index (Phi) is 23.5. The van der Waals surface area contributed by atoms with E-state index in [4.69, 9.17) is 44.2 Å². The van der Waals surface area contributed by atoms with Crippen molar-refractivity contribution in [1.82, 2.24) is 24.2 Å². The Labute approximate surface area is 462 Å². The zero-order chi connectivity index (χ0) is 57.6. The van der Waals surface area contributed by atoms with Gasteiger partial charge in [-0.05, 0) is 49.8 Å². The summed E-state index contributed by atoms with van der Waals surface area (Å²) in [6.07, 6.45) is -1.62. The number of rotatable bonds is 22. The van der Waals surface area contributed by atoms with E-state index in [0.717, 1.165) is 45.5 Å². The molecule has 24 nitrogen and oxygen atoms in total. The SMILES string of the molecule is CCC(C)(C)C(=O)SCCOP(=O)(NCc1ccccc1)OC[C@H]1O[C@@H](n2ccc(N)nc2=O)[C@](C)(O)[C@@H]1O.CCC(C)(C)C(=O)SCCO[P+](=O)O.C[C@@]12OB(c3ccccc3)O[C@@H]1[C@@H](CO)O[C@H]2n1ccc(N)nc1=O. The Hall–Kier alpha value is -4.25. The van der Waals surface area contributed by atoms with Crippen molar-refractivity contribution in [2.75, 3.05) is 49.4 Å². The fourth-order valence-corrected chi connectivity index (χ4v) is 11.3. The van der Waals surface area contributed by atoms with E-state index in [2.05, 4.69) is 19.6 Å². The van der Waals surface area contributed by atoms with E-state index in [-0.39, 0.29) is 59.4 Å². The minimum Gasteiger partial charge on any atom is -0.398 e. The monoisotopic (exact) mass is 1170 g/mol. The summed E-state index contributed by atoms with van der Waals surface area (Å²) in [4.78, 5) is 64.1. The van der Waals surface area contributed by atoms with Gasteiger partial charge in [-0.25, -0.2) is 19.2 Å². The second-order valence-corrected chi connectivity index (χ2v) is 24.6. The van der Waals surface area contributed by atoms with Crippen LogP contribution in [-0.2, 0) is 57.6 Å². The standard InChI is InChI=1S/C25H37N4O8PS.C16H18BN3O5.C8H15O4PS/c1-5-24(2,3)22(31)39-14-13-35-38(34,27-15-17-9-7-6-8-10-17)36-16-18-20(30)25(4,33)21(37-18)29-12-11-19(26)28-23(29)32;1-16-13(24-17(25-16)10-5-3-2-4-6-10)11(9-21)23-14(16)20-8-7-12(18)19-15(20)22;1-4-8(2,3)7(9)14-6-5-12-13(10)11/h6-12,18,20-21,30,33H,5,13-16H2,1-4H3,(H,27,34)(H2,26,28,32);2-8,11,13-14,21H,9H2,1H3,(H2,18,19,22);4-6H2,1-3H3/p+1/t18-,20-,21-,25-,38?;11-,13-,14-,16-;/m11./s1. The Balaban J connectivity index is 0.000000244. The third-order valence-electron chi connectivity index (χ3n) is 13.2. The van der Waals surface area contributed by atoms with Crippen LogP contribution in [0.1, 0.15) is 86.3 Å². The number of carbonyl (C=O) groups is 2. The molecular weight excluding hydrogens is 1100 g/mol. The van der Waals surface area contributed by atoms with Gasteiger partial charge in [0.1, 0.15) is 53.9 Å². The first-order valence-electron chi connectivity index (χ1n) is 24.9. The van der Waals surface area contributed by atoms with Crippen molar-refractivity contribution in [3.05, 3.63) is 112 Å². The van der Waals surface area contributed by atoms with E-state index >= 15 is 0 Å². The number of nitrogens with one attached hydrogen (secondary N) is 1. The summed E-state index contributed by atoms with van der Waals surface area (Å²) in [6, 6.07) is 21.6. The van der Waals surface area contributed by atoms with Gasteiger partial charge in [0, 0.05) is 45.8 Å². The molecule has 0 spiro atoms. The van der Waals surface area contributed by atoms with Gasteiger partial charge in [-0.2, -0.15) is 9.97 Å². The van der Waals surface area contributed by atoms with Crippen LogP contribution in [-0.4, -0.2) is 130 Å². The second-order valence-electron chi connectivity index (χ2n) is 19.9. The van der Waals surface area contributed by atoms with E-state index < -0.39 is 94.6 Å². The molecule has 7 rings (SSSR count). The molecule has 0 saturated carbocycles. The normalized spacial score (nSPS) is 24.8. The molecule has 428 valence electrons. The van der Waals surface area contributed by atoms with Crippen LogP contribution in [0.4, 0.5) is 11.6 Å². The van der Waals surface area contributed by atoms with E-state index in [1.54, 1.807) is 0 Å². The summed E-state index contributed by atoms with van der Waals surface area (Å²) in [6.45, 7) is 14.1. The number of benzene rings is 2. The molecule has 0 radical (unpaired) electrons. The number of ether oxygens (including phenoxy) is 2. The minimum absolute atomic E-state index is 0.00440. The minimum atomic E-state index is -3.97. The van der Waals surface area contributed by atoms with E-state index in [9.17, 15) is 43.6 Å². The number of aliphatic hydroxyl groups excluding tert-OH is 2. The molecular formula is C49H71BN7O17P2S2+. The lowest BCUT2D eigenvalue weighted by Crippen LogP contribution is -2.46. The smallest absolute Gasteiger partial charge is 0.398 e. The average Bonchev–Trinajstić information content (AvgIpc) is 4.21. The van der Waals surface area contributed by atoms with Gasteiger partial charge < -0.3 is 45.6 Å². The summed E-state index contributed by atoms with van der Waals surface area (Å²) in [5.74, 6) is 0.805. The lowest BCUT2D eigenvalue weighted by Gasteiger charge is -2.29. The molecule has 2 aromatic heterocycles. The molecule has 29 heteroatoms. The Bertz CT molecular complexity index is 2810. The number of nitrogen functional groups attached to an aromatic ring is 2. The molecule has 2 aromatic carbocycles. The molecule has 2 unspecified atom stereocenters. The van der Waals surface area contributed by atoms with Crippen LogP contribution in [0, 0.1) is 10.8 Å². The van der Waals surface area contributed by atoms with Crippen molar-refractivity contribution in [2.45, 2.75) is 123 Å². The number of aliphatic hydroxyl groups is 3. The van der Waals surface area contributed by atoms with Crippen molar-refractivity contribution < 1.29 is 71.3 Å². The highest BCUT2D eigenvalue weighted by molar-refractivity contribution is 8.14. The summed E-state index contributed by atoms with van der Waals surface area (Å²) in [5, 5.41) is 34.3. The molecule has 0 aliphatic carbocycles. The first kappa shape index (κ1) is 64.6. The summed E-state index contributed by atoms with van der Waals surface area (Å²) in [7, 11) is -7.11. The van der Waals surface area contributed by atoms with Crippen LogP contribution in [0.5, 0.6) is 0 Å². The second kappa shape index (κ2) is 28.4. The van der Waals surface area contributed by atoms with Gasteiger partial charge in [0.05, 0.1) is 19.8 Å². The maximum Gasteiger partial charge on any atom is 0.694 e. The summed E-state index contributed by atoms with van der Waals surface area (Å²) in [5.41, 5.74) is 7.79. The van der Waals surface area contributed by atoms with Crippen molar-refractivity contribution in [2.24, 2.45) is 10.8 Å². The average molecular weight is 1170 g/mol. The highest BCUT2D eigenvalue weighted by Crippen LogP contribution is 2.48. The maximum atomic E-state index is 13.6. The molecule has 78 heavy (non-hydrogen) atoms. The zero-order valence-electron chi connectivity index (χ0n) is 44.7. The molecule has 5 heterocycles. The largest absolute Gasteiger partial charge is 0.694 e. The van der Waals surface area contributed by atoms with Crippen molar-refractivity contribution in [3.8, 4) is 0 Å². The number of fused-ring (bicyclic) bond motifs is 1. The van der Waals surface area contributed by atoms with Crippen molar-refractivity contribution in [1.29, 1.82) is 0 Å². The molecule has 0 amide bonds. The third kappa shape index (κ3) is 16.9. The Morgan fingerprint density at radius 3 is 1.86 bits per heavy atom. The predicted octanol–water partition coefficient (Wildman–Crippen LogP) is 4.10. The van der Waals surface area contributed by atoms with Crippen LogP contribution >= 0.6 is 39.5 Å². The fourth-order valence-electron chi connectivity index (χ4n) is 7.75. The van der Waals surface area contributed by atoms with Crippen LogP contribution in [0.3, 0.4) is 0 Å². The highest BCUT2D eigenvalue weighted by Gasteiger charge is 2.63. The van der Waals surface area contributed by atoms with Crippen LogP contribution in [0.15, 0.2) is 94.8 Å². The van der Waals surface area contributed by atoms with E-state index in [0.29, 0.717) is 12.2 Å². The third-order valence-corrected chi connectivity index (χ3v) is 17.6. The van der Waals surface area contributed by atoms with Gasteiger partial charge in [0.2, 0.25) is 0 Å². The summed E-state index contributed by atoms with van der Waals surface area (Å²) < 4.78 is 65.6. The molecule has 3 aliphatic rings. The van der Waals surface area contributed by atoms with Gasteiger partial charge >= 0.3 is 34.5 Å². The van der Waals surface area contributed by atoms with Crippen LogP contribution < -0.4 is 33.4 Å². The maximum absolute atomic E-state index is 13.6. The van der Waals surface area contributed by atoms with Crippen LogP contribution in [0.25, 0.3) is 0 Å². The topological polar surface area (TPSA) is 348 Å². The zero-order valence-corrected chi connectivity index (χ0v) is 48.2. The van der Waals surface area contributed by atoms with Gasteiger partial charge in [0.15, 0.2) is 22.7 Å². The number of hydrogen-bond acceptors (Lipinski definition) is 22. The van der Waals surface area contributed by atoms with E-state index in [1.165, 1.54) is 36.0 Å². The molecule has 3 saturated heterocycles. The van der Waals surface area contributed by atoms with Gasteiger partial charge in [-0.3, -0.25) is 27.8 Å². The van der Waals surface area contributed by atoms with Crippen molar-refractivity contribution >= 4 is 74.0 Å². The fraction of sp³-hybridized carbons (Fsp3) is 0.551. The molecule has 4 aromatic rings. The lowest BCUT2D eigenvalue weighted by atomic mass is 9.79. The summed E-state index contributed by atoms with van der Waals surface area (Å²) >= 11 is 2.24. The molecule has 0 bridgehead atoms. The lowest BCUT2D eigenvalue weighted by molar-refractivity contribution is -0.118. The number of anilines is 2. The number of hydrogen-bond donors (Lipinski definition) is 7. The molecule has 10 atom stereocenters. The molecule has 3 aliphatic heterocycles. The number of aromatic nitrogens is 4. The first-order chi connectivity index (χ1) is 36.7. The van der Waals surface area contributed by atoms with Gasteiger partial charge in [-0.1, -0.05) is 126 Å². The molecule has 9 N–H and O–H groups in total. The number of nitrogens with zero attached hydrogens (tertiary/aromatic N) is 4. The van der Waals surface area contributed by atoms with Crippen LogP contribution in [0.2, 0.25) is 0 Å².